The second-order valence-corrected chi connectivity index (χ2v) is 7.98. The molecule has 1 atom stereocenters. The van der Waals surface area contributed by atoms with Crippen molar-refractivity contribution in [2.24, 2.45) is 4.99 Å². The lowest BCUT2D eigenvalue weighted by Gasteiger charge is -2.11. The highest BCUT2D eigenvalue weighted by atomic mass is 32.2. The first-order valence-corrected chi connectivity index (χ1v) is 10.9. The smallest absolute Gasteiger partial charge is 0.367 e. The minimum absolute atomic E-state index is 0.0915. The van der Waals surface area contributed by atoms with Gasteiger partial charge in [-0.05, 0) is 30.2 Å². The number of nitrogens with zero attached hydrogens (tertiary/aromatic N) is 1. The van der Waals surface area contributed by atoms with Crippen LogP contribution in [0.15, 0.2) is 64.5 Å². The molecule has 9 heteroatoms. The summed E-state index contributed by atoms with van der Waals surface area (Å²) in [6, 6.07) is 16.4. The van der Waals surface area contributed by atoms with Crippen LogP contribution in [0.2, 0.25) is 0 Å². The molecule has 0 aromatic heterocycles. The highest BCUT2D eigenvalue weighted by molar-refractivity contribution is 7.85. The van der Waals surface area contributed by atoms with E-state index in [4.69, 9.17) is 0 Å². The minimum Gasteiger partial charge on any atom is -0.367 e. The third-order valence-corrected chi connectivity index (χ3v) is 5.28. The summed E-state index contributed by atoms with van der Waals surface area (Å²) in [6.45, 7) is 2.19. The summed E-state index contributed by atoms with van der Waals surface area (Å²) in [6.07, 6.45) is -4.32. The van der Waals surface area contributed by atoms with E-state index in [2.05, 4.69) is 20.4 Å². The largest absolute Gasteiger partial charge is 0.411 e. The molecule has 2 aromatic carbocycles. The minimum atomic E-state index is -4.32. The fraction of sp³-hybridized carbons (Fsp3) is 0.381. The number of aliphatic imine (C=N–C) groups is 1. The van der Waals surface area contributed by atoms with Gasteiger partial charge in [-0.25, -0.2) is 4.99 Å². The quantitative estimate of drug-likeness (QED) is 0.437. The third-order valence-electron chi connectivity index (χ3n) is 3.91. The first kappa shape index (κ1) is 23.9. The van der Waals surface area contributed by atoms with E-state index in [0.717, 1.165) is 10.5 Å². The number of hydrogen-bond donors (Lipinski definition) is 2. The fourth-order valence-corrected chi connectivity index (χ4v) is 3.47. The molecule has 0 bridgehead atoms. The number of rotatable bonds is 10. The predicted octanol–water partition coefficient (Wildman–Crippen LogP) is 3.63. The summed E-state index contributed by atoms with van der Waals surface area (Å²) in [5.41, 5.74) is 1.58. The summed E-state index contributed by atoms with van der Waals surface area (Å²) in [5.74, 6) is 1.07. The lowest BCUT2D eigenvalue weighted by molar-refractivity contribution is -0.176. The zero-order chi connectivity index (χ0) is 21.8. The highest BCUT2D eigenvalue weighted by Crippen LogP contribution is 2.16. The van der Waals surface area contributed by atoms with Crippen LogP contribution < -0.4 is 10.6 Å². The van der Waals surface area contributed by atoms with Gasteiger partial charge in [0.15, 0.2) is 5.96 Å². The Kier molecular flexibility index (Phi) is 9.82. The molecule has 0 heterocycles. The normalized spacial score (nSPS) is 13.1. The molecule has 2 rings (SSSR count). The Morgan fingerprint density at radius 1 is 1.03 bits per heavy atom. The number of halogens is 3. The Hall–Kier alpha value is -2.39. The molecule has 1 unspecified atom stereocenters. The third kappa shape index (κ3) is 9.41. The molecule has 0 radical (unpaired) electrons. The van der Waals surface area contributed by atoms with Gasteiger partial charge in [-0.1, -0.05) is 42.5 Å². The van der Waals surface area contributed by atoms with Gasteiger partial charge in [0.2, 0.25) is 0 Å². The van der Waals surface area contributed by atoms with Crippen molar-refractivity contribution in [2.75, 3.05) is 25.4 Å². The molecule has 5 nitrogen and oxygen atoms in total. The Morgan fingerprint density at radius 3 is 2.33 bits per heavy atom. The Balaban J connectivity index is 1.81. The zero-order valence-corrected chi connectivity index (χ0v) is 17.6. The molecule has 0 saturated heterocycles. The van der Waals surface area contributed by atoms with Crippen molar-refractivity contribution in [3.63, 3.8) is 0 Å². The zero-order valence-electron chi connectivity index (χ0n) is 16.7. The van der Waals surface area contributed by atoms with E-state index in [1.807, 2.05) is 49.4 Å². The molecule has 0 fully saturated rings. The summed E-state index contributed by atoms with van der Waals surface area (Å²) in [4.78, 5) is 5.29. The molecule has 2 N–H and O–H groups in total. The van der Waals surface area contributed by atoms with Crippen LogP contribution in [0.5, 0.6) is 0 Å². The summed E-state index contributed by atoms with van der Waals surface area (Å²) < 4.78 is 53.3. The van der Waals surface area contributed by atoms with Gasteiger partial charge in [0.1, 0.15) is 6.61 Å². The molecule has 30 heavy (non-hydrogen) atoms. The van der Waals surface area contributed by atoms with E-state index in [1.165, 1.54) is 0 Å². The van der Waals surface area contributed by atoms with Crippen molar-refractivity contribution in [2.45, 2.75) is 31.1 Å². The maximum atomic E-state index is 12.3. The molecule has 0 spiro atoms. The van der Waals surface area contributed by atoms with Gasteiger partial charge in [-0.3, -0.25) is 4.21 Å². The molecule has 0 aliphatic heterocycles. The van der Waals surface area contributed by atoms with Crippen LogP contribution in [0.25, 0.3) is 0 Å². The van der Waals surface area contributed by atoms with Gasteiger partial charge < -0.3 is 15.4 Å². The first-order chi connectivity index (χ1) is 14.4. The van der Waals surface area contributed by atoms with Gasteiger partial charge >= 0.3 is 6.18 Å². The number of hydrogen-bond acceptors (Lipinski definition) is 3. The van der Waals surface area contributed by atoms with Gasteiger partial charge in [-0.15, -0.1) is 0 Å². The predicted molar refractivity (Wildman–Crippen MR) is 113 cm³/mol. The number of alkyl halides is 3. The van der Waals surface area contributed by atoms with E-state index in [0.29, 0.717) is 36.9 Å². The highest BCUT2D eigenvalue weighted by Gasteiger charge is 2.27. The SMILES string of the molecule is CCNC(=NCc1ccc(COCC(F)(F)F)cc1)NCCS(=O)c1ccccc1. The van der Waals surface area contributed by atoms with E-state index < -0.39 is 23.6 Å². The number of ether oxygens (including phenoxy) is 1. The molecule has 0 amide bonds. The molecule has 0 saturated carbocycles. The molecular formula is C21H26F3N3O2S. The molecule has 2 aromatic rings. The standard InChI is InChI=1S/C21H26F3N3O2S/c1-2-25-20(26-12-13-30(28)19-6-4-3-5-7-19)27-14-17-8-10-18(11-9-17)15-29-16-21(22,23)24/h3-11H,2,12-16H2,1H3,(H2,25,26,27). The van der Waals surface area contributed by atoms with Crippen molar-refractivity contribution < 1.29 is 22.1 Å². The molecular weight excluding hydrogens is 415 g/mol. The maximum Gasteiger partial charge on any atom is 0.411 e. The van der Waals surface area contributed by atoms with Crippen LogP contribution in [0, 0.1) is 0 Å². The Labute approximate surface area is 177 Å². The monoisotopic (exact) mass is 441 g/mol. The van der Waals surface area contributed by atoms with Crippen LogP contribution in [-0.2, 0) is 28.7 Å². The summed E-state index contributed by atoms with van der Waals surface area (Å²) in [7, 11) is -1.08. The lowest BCUT2D eigenvalue weighted by atomic mass is 10.1. The van der Waals surface area contributed by atoms with Crippen LogP contribution in [-0.4, -0.2) is 41.8 Å². The lowest BCUT2D eigenvalue weighted by Crippen LogP contribution is -2.39. The Bertz CT molecular complexity index is 812. The number of nitrogens with one attached hydrogen (secondary N) is 2. The van der Waals surface area contributed by atoms with Crippen LogP contribution in [0.4, 0.5) is 13.2 Å². The average Bonchev–Trinajstić information content (AvgIpc) is 2.72. The van der Waals surface area contributed by atoms with Crippen molar-refractivity contribution in [1.29, 1.82) is 0 Å². The van der Waals surface area contributed by atoms with Crippen molar-refractivity contribution in [1.82, 2.24) is 10.6 Å². The van der Waals surface area contributed by atoms with Gasteiger partial charge in [0.25, 0.3) is 0 Å². The summed E-state index contributed by atoms with van der Waals surface area (Å²) in [5, 5.41) is 6.30. The summed E-state index contributed by atoms with van der Waals surface area (Å²) >= 11 is 0. The van der Waals surface area contributed by atoms with E-state index in [-0.39, 0.29) is 6.61 Å². The van der Waals surface area contributed by atoms with Gasteiger partial charge in [-0.2, -0.15) is 13.2 Å². The van der Waals surface area contributed by atoms with Gasteiger partial charge in [0, 0.05) is 23.7 Å². The maximum absolute atomic E-state index is 12.3. The molecule has 164 valence electrons. The van der Waals surface area contributed by atoms with E-state index in [1.54, 1.807) is 12.1 Å². The second-order valence-electron chi connectivity index (χ2n) is 6.41. The topological polar surface area (TPSA) is 62.7 Å². The van der Waals surface area contributed by atoms with Crippen LogP contribution >= 0.6 is 0 Å². The Morgan fingerprint density at radius 2 is 1.70 bits per heavy atom. The fourth-order valence-electron chi connectivity index (χ4n) is 2.49. The van der Waals surface area contributed by atoms with E-state index in [9.17, 15) is 17.4 Å². The number of guanidine groups is 1. The van der Waals surface area contributed by atoms with Crippen LogP contribution in [0.1, 0.15) is 18.1 Å². The van der Waals surface area contributed by atoms with Gasteiger partial charge in [0.05, 0.1) is 24.0 Å². The van der Waals surface area contributed by atoms with Crippen molar-refractivity contribution in [3.05, 3.63) is 65.7 Å². The van der Waals surface area contributed by atoms with Crippen molar-refractivity contribution >= 4 is 16.8 Å². The van der Waals surface area contributed by atoms with E-state index >= 15 is 0 Å². The van der Waals surface area contributed by atoms with Crippen LogP contribution in [0.3, 0.4) is 0 Å². The number of benzene rings is 2. The van der Waals surface area contributed by atoms with Crippen molar-refractivity contribution in [3.8, 4) is 0 Å². The second kappa shape index (κ2) is 12.3. The molecule has 0 aliphatic rings. The average molecular weight is 442 g/mol. The first-order valence-electron chi connectivity index (χ1n) is 9.55. The molecule has 0 aliphatic carbocycles.